The first-order valence-corrected chi connectivity index (χ1v) is 8.08. The molecule has 0 saturated carbocycles. The van der Waals surface area contributed by atoms with Crippen molar-refractivity contribution in [1.82, 2.24) is 9.29 Å². The van der Waals surface area contributed by atoms with Gasteiger partial charge in [-0.05, 0) is 56.2 Å². The highest BCUT2D eigenvalue weighted by molar-refractivity contribution is 7.89. The zero-order valence-corrected chi connectivity index (χ0v) is 13.4. The highest BCUT2D eigenvalue weighted by Crippen LogP contribution is 2.16. The Morgan fingerprint density at radius 2 is 1.86 bits per heavy atom. The van der Waals surface area contributed by atoms with Crippen LogP contribution < -0.4 is 4.72 Å². The lowest BCUT2D eigenvalue weighted by Gasteiger charge is -2.08. The number of nitrogens with zero attached hydrogens (tertiary/aromatic N) is 1. The van der Waals surface area contributed by atoms with Crippen LogP contribution >= 0.6 is 0 Å². The van der Waals surface area contributed by atoms with Crippen molar-refractivity contribution >= 4 is 10.0 Å². The van der Waals surface area contributed by atoms with Crippen LogP contribution in [-0.2, 0) is 23.6 Å². The number of halogens is 1. The summed E-state index contributed by atoms with van der Waals surface area (Å²) in [5.74, 6) is -0.413. The molecule has 0 aliphatic carbocycles. The van der Waals surface area contributed by atoms with Crippen molar-refractivity contribution in [3.63, 3.8) is 0 Å². The average Bonchev–Trinajstić information content (AvgIpc) is 2.67. The first kappa shape index (κ1) is 15.7. The summed E-state index contributed by atoms with van der Waals surface area (Å²) in [7, 11) is -1.71. The molecule has 1 aromatic heterocycles. The van der Waals surface area contributed by atoms with Crippen LogP contribution in [0.3, 0.4) is 0 Å². The number of sulfonamides is 1. The first-order chi connectivity index (χ1) is 9.72. The van der Waals surface area contributed by atoms with Crippen LogP contribution in [0.1, 0.15) is 22.5 Å². The minimum absolute atomic E-state index is 0.0757. The Labute approximate surface area is 124 Å². The fraction of sp³-hybridized carbons (Fsp3) is 0.333. The van der Waals surface area contributed by atoms with E-state index >= 15 is 0 Å². The summed E-state index contributed by atoms with van der Waals surface area (Å²) in [5.41, 5.74) is 3.33. The highest BCUT2D eigenvalue weighted by atomic mass is 32.2. The standard InChI is InChI=1S/C15H19FN2O2S/c1-10-7-14(5-6-15(10)16)21(19,20)17-9-13-8-11(2)18(4)12(13)3/h5-8,17H,9H2,1-4H3. The fourth-order valence-corrected chi connectivity index (χ4v) is 3.24. The lowest BCUT2D eigenvalue weighted by Crippen LogP contribution is -2.23. The molecule has 0 amide bonds. The third-order valence-electron chi connectivity index (χ3n) is 3.77. The molecule has 0 aliphatic heterocycles. The molecule has 114 valence electrons. The smallest absolute Gasteiger partial charge is 0.240 e. The van der Waals surface area contributed by atoms with Crippen LogP contribution in [0, 0.1) is 26.6 Å². The molecule has 0 saturated heterocycles. The van der Waals surface area contributed by atoms with Crippen LogP contribution in [0.4, 0.5) is 4.39 Å². The monoisotopic (exact) mass is 310 g/mol. The van der Waals surface area contributed by atoms with Crippen LogP contribution in [0.25, 0.3) is 0 Å². The van der Waals surface area contributed by atoms with Gasteiger partial charge in [-0.1, -0.05) is 0 Å². The lowest BCUT2D eigenvalue weighted by atomic mass is 10.2. The van der Waals surface area contributed by atoms with Gasteiger partial charge in [-0.2, -0.15) is 0 Å². The van der Waals surface area contributed by atoms with Crippen molar-refractivity contribution in [3.05, 3.63) is 52.6 Å². The normalized spacial score (nSPS) is 11.9. The van der Waals surface area contributed by atoms with Gasteiger partial charge in [-0.25, -0.2) is 17.5 Å². The lowest BCUT2D eigenvalue weighted by molar-refractivity contribution is 0.579. The minimum Gasteiger partial charge on any atom is -0.352 e. The SMILES string of the molecule is Cc1cc(S(=O)(=O)NCc2cc(C)n(C)c2C)ccc1F. The van der Waals surface area contributed by atoms with Gasteiger partial charge in [-0.3, -0.25) is 0 Å². The third kappa shape index (κ3) is 3.16. The fourth-order valence-electron chi connectivity index (χ4n) is 2.15. The van der Waals surface area contributed by atoms with Crippen molar-refractivity contribution in [2.45, 2.75) is 32.2 Å². The predicted octanol–water partition coefficient (Wildman–Crippen LogP) is 2.57. The predicted molar refractivity (Wildman–Crippen MR) is 80.0 cm³/mol. The molecule has 6 heteroatoms. The van der Waals surface area contributed by atoms with Crippen LogP contribution in [0.5, 0.6) is 0 Å². The Bertz CT molecular complexity index is 779. The summed E-state index contributed by atoms with van der Waals surface area (Å²) in [4.78, 5) is 0.0757. The molecule has 2 aromatic rings. The molecule has 1 aromatic carbocycles. The van der Waals surface area contributed by atoms with Crippen LogP contribution in [0.2, 0.25) is 0 Å². The number of rotatable bonds is 4. The molecule has 0 fully saturated rings. The van der Waals surface area contributed by atoms with E-state index in [4.69, 9.17) is 0 Å². The van der Waals surface area contributed by atoms with E-state index in [9.17, 15) is 12.8 Å². The number of benzene rings is 1. The Morgan fingerprint density at radius 3 is 2.38 bits per heavy atom. The largest absolute Gasteiger partial charge is 0.352 e. The molecule has 0 aliphatic rings. The van der Waals surface area contributed by atoms with Crippen molar-refractivity contribution in [1.29, 1.82) is 0 Å². The topological polar surface area (TPSA) is 51.1 Å². The van der Waals surface area contributed by atoms with Gasteiger partial charge >= 0.3 is 0 Å². The van der Waals surface area contributed by atoms with E-state index in [2.05, 4.69) is 4.72 Å². The summed E-state index contributed by atoms with van der Waals surface area (Å²) < 4.78 is 42.2. The Hall–Kier alpha value is -1.66. The van der Waals surface area contributed by atoms with Crippen molar-refractivity contribution in [2.75, 3.05) is 0 Å². The van der Waals surface area contributed by atoms with E-state index in [1.807, 2.05) is 31.5 Å². The van der Waals surface area contributed by atoms with Crippen LogP contribution in [-0.4, -0.2) is 13.0 Å². The molecule has 4 nitrogen and oxygen atoms in total. The number of hydrogen-bond donors (Lipinski definition) is 1. The van der Waals surface area contributed by atoms with E-state index in [-0.39, 0.29) is 11.4 Å². The molecule has 21 heavy (non-hydrogen) atoms. The molecule has 0 unspecified atom stereocenters. The van der Waals surface area contributed by atoms with Crippen molar-refractivity contribution in [3.8, 4) is 0 Å². The van der Waals surface area contributed by atoms with E-state index in [1.54, 1.807) is 6.92 Å². The summed E-state index contributed by atoms with van der Waals surface area (Å²) in [6, 6.07) is 5.73. The summed E-state index contributed by atoms with van der Waals surface area (Å²) in [6.45, 7) is 5.67. The van der Waals surface area contributed by atoms with E-state index in [0.717, 1.165) is 17.0 Å². The highest BCUT2D eigenvalue weighted by Gasteiger charge is 2.16. The average molecular weight is 310 g/mol. The Balaban J connectivity index is 2.21. The summed E-state index contributed by atoms with van der Waals surface area (Å²) in [5, 5.41) is 0. The third-order valence-corrected chi connectivity index (χ3v) is 5.17. The van der Waals surface area contributed by atoms with Crippen LogP contribution in [0.15, 0.2) is 29.2 Å². The van der Waals surface area contributed by atoms with Gasteiger partial charge in [0, 0.05) is 25.0 Å². The van der Waals surface area contributed by atoms with Gasteiger partial charge < -0.3 is 4.57 Å². The maximum atomic E-state index is 13.2. The van der Waals surface area contributed by atoms with Gasteiger partial charge in [0.25, 0.3) is 0 Å². The second-order valence-electron chi connectivity index (χ2n) is 5.19. The van der Waals surface area contributed by atoms with Gasteiger partial charge in [0.15, 0.2) is 0 Å². The molecule has 1 N–H and O–H groups in total. The summed E-state index contributed by atoms with van der Waals surface area (Å²) >= 11 is 0. The quantitative estimate of drug-likeness (QED) is 0.943. The molecule has 2 rings (SSSR count). The molecule has 1 heterocycles. The maximum Gasteiger partial charge on any atom is 0.240 e. The second-order valence-corrected chi connectivity index (χ2v) is 6.96. The number of aryl methyl sites for hydroxylation is 2. The number of nitrogens with one attached hydrogen (secondary N) is 1. The van der Waals surface area contributed by atoms with Crippen molar-refractivity contribution < 1.29 is 12.8 Å². The zero-order valence-electron chi connectivity index (χ0n) is 12.6. The molecule has 0 atom stereocenters. The number of aromatic nitrogens is 1. The van der Waals surface area contributed by atoms with E-state index in [1.165, 1.54) is 18.2 Å². The minimum atomic E-state index is -3.64. The van der Waals surface area contributed by atoms with Gasteiger partial charge in [0.1, 0.15) is 5.82 Å². The Kier molecular flexibility index (Phi) is 4.20. The molecular weight excluding hydrogens is 291 g/mol. The molecule has 0 spiro atoms. The van der Waals surface area contributed by atoms with Gasteiger partial charge in [0.2, 0.25) is 10.0 Å². The van der Waals surface area contributed by atoms with Gasteiger partial charge in [-0.15, -0.1) is 0 Å². The molecular formula is C15H19FN2O2S. The van der Waals surface area contributed by atoms with E-state index in [0.29, 0.717) is 5.56 Å². The zero-order chi connectivity index (χ0) is 15.8. The summed E-state index contributed by atoms with van der Waals surface area (Å²) in [6.07, 6.45) is 0. The van der Waals surface area contributed by atoms with Gasteiger partial charge in [0.05, 0.1) is 4.90 Å². The van der Waals surface area contributed by atoms with Crippen molar-refractivity contribution in [2.24, 2.45) is 7.05 Å². The molecule has 0 bridgehead atoms. The second kappa shape index (κ2) is 5.61. The van der Waals surface area contributed by atoms with E-state index < -0.39 is 15.8 Å². The molecule has 0 radical (unpaired) electrons. The maximum absolute atomic E-state index is 13.2. The number of hydrogen-bond acceptors (Lipinski definition) is 2. The first-order valence-electron chi connectivity index (χ1n) is 6.60. The Morgan fingerprint density at radius 1 is 1.19 bits per heavy atom.